The summed E-state index contributed by atoms with van der Waals surface area (Å²) in [6, 6.07) is 5.72. The zero-order valence-corrected chi connectivity index (χ0v) is 8.08. The first-order valence-electron chi connectivity index (χ1n) is 2.36. The summed E-state index contributed by atoms with van der Waals surface area (Å²) in [5, 5.41) is 0. The molecule has 0 aliphatic rings. The molecule has 0 spiro atoms. The van der Waals surface area contributed by atoms with Gasteiger partial charge in [-0.05, 0) is 12.1 Å². The molecule has 1 heterocycles. The number of hydrogen-bond donors (Lipinski definition) is 0. The van der Waals surface area contributed by atoms with Crippen molar-refractivity contribution in [2.75, 3.05) is 0 Å². The number of halogens is 3. The molecule has 1 rings (SSSR count). The van der Waals surface area contributed by atoms with E-state index in [2.05, 4.69) is 4.98 Å². The number of nitrogens with zero attached hydrogens (tertiary/aromatic N) is 1. The van der Waals surface area contributed by atoms with Gasteiger partial charge in [-0.1, -0.05) is 39.8 Å². The van der Waals surface area contributed by atoms with Gasteiger partial charge in [-0.2, -0.15) is 0 Å². The summed E-state index contributed by atoms with van der Waals surface area (Å²) in [5.74, 6) is -1.20. The van der Waals surface area contributed by atoms with E-state index in [1.807, 2.05) is 18.2 Å². The van der Waals surface area contributed by atoms with E-state index in [4.69, 9.17) is 33.7 Å². The molecular formula is C5H5Cl3NP. The Morgan fingerprint density at radius 3 is 1.40 bits per heavy atom. The van der Waals surface area contributed by atoms with Gasteiger partial charge in [-0.15, -0.1) is 0 Å². The zero-order chi connectivity index (χ0) is 7.82. The van der Waals surface area contributed by atoms with Crippen LogP contribution >= 0.6 is 39.7 Å². The monoisotopic (exact) mass is 215 g/mol. The first-order valence-corrected chi connectivity index (χ1v) is 6.41. The second kappa shape index (κ2) is 7.56. The maximum Gasteiger partial charge on any atom is 0.179 e. The number of rotatable bonds is 0. The number of pyridine rings is 1. The van der Waals surface area contributed by atoms with Gasteiger partial charge < -0.3 is 0 Å². The molecule has 0 saturated carbocycles. The largest absolute Gasteiger partial charge is 0.265 e. The first-order chi connectivity index (χ1) is 4.73. The SMILES string of the molecule is ClP(Cl)Cl.c1ccncc1. The lowest BCUT2D eigenvalue weighted by atomic mass is 10.5. The average molecular weight is 216 g/mol. The lowest BCUT2D eigenvalue weighted by Gasteiger charge is -1.70. The average Bonchev–Trinajstić information content (AvgIpc) is 1.90. The number of hydrogen-bond acceptors (Lipinski definition) is 1. The molecule has 0 bridgehead atoms. The van der Waals surface area contributed by atoms with Crippen LogP contribution in [0.15, 0.2) is 30.6 Å². The topological polar surface area (TPSA) is 12.9 Å². The molecular weight excluding hydrogens is 211 g/mol. The highest BCUT2D eigenvalue weighted by atomic mass is 36.0. The molecule has 0 aliphatic carbocycles. The Morgan fingerprint density at radius 2 is 1.30 bits per heavy atom. The van der Waals surface area contributed by atoms with Crippen LogP contribution in [-0.4, -0.2) is 4.98 Å². The minimum Gasteiger partial charge on any atom is -0.265 e. The molecule has 0 aliphatic heterocycles. The Bertz CT molecular complexity index is 117. The van der Waals surface area contributed by atoms with E-state index < -0.39 is 5.98 Å². The molecule has 0 amide bonds. The molecule has 1 aromatic rings. The minimum atomic E-state index is -1.20. The van der Waals surface area contributed by atoms with E-state index in [-0.39, 0.29) is 0 Å². The third-order valence-corrected chi connectivity index (χ3v) is 0.566. The molecule has 0 saturated heterocycles. The highest BCUT2D eigenvalue weighted by molar-refractivity contribution is 8.20. The maximum atomic E-state index is 4.87. The van der Waals surface area contributed by atoms with E-state index in [9.17, 15) is 0 Å². The smallest absolute Gasteiger partial charge is 0.179 e. The Hall–Kier alpha value is 0.450. The van der Waals surface area contributed by atoms with Crippen molar-refractivity contribution >= 4 is 39.7 Å². The van der Waals surface area contributed by atoms with Crippen molar-refractivity contribution in [3.05, 3.63) is 30.6 Å². The Morgan fingerprint density at radius 1 is 0.900 bits per heavy atom. The molecule has 0 aromatic carbocycles. The van der Waals surface area contributed by atoms with Crippen LogP contribution in [0.2, 0.25) is 0 Å². The van der Waals surface area contributed by atoms with Gasteiger partial charge in [0.25, 0.3) is 0 Å². The van der Waals surface area contributed by atoms with Gasteiger partial charge in [0, 0.05) is 12.4 Å². The van der Waals surface area contributed by atoms with Crippen LogP contribution in [0.3, 0.4) is 0 Å². The van der Waals surface area contributed by atoms with Gasteiger partial charge in [0.1, 0.15) is 0 Å². The van der Waals surface area contributed by atoms with Crippen LogP contribution < -0.4 is 0 Å². The molecule has 0 atom stereocenters. The molecule has 0 radical (unpaired) electrons. The van der Waals surface area contributed by atoms with Crippen LogP contribution in [0.5, 0.6) is 0 Å². The summed E-state index contributed by atoms with van der Waals surface area (Å²) >= 11 is 14.6. The van der Waals surface area contributed by atoms with Crippen LogP contribution in [0.25, 0.3) is 0 Å². The fourth-order valence-corrected chi connectivity index (χ4v) is 0.313. The summed E-state index contributed by atoms with van der Waals surface area (Å²) in [5.41, 5.74) is 0. The normalized spacial score (nSPS) is 8.40. The predicted molar refractivity (Wildman–Crippen MR) is 48.7 cm³/mol. The van der Waals surface area contributed by atoms with Crippen molar-refractivity contribution in [3.8, 4) is 0 Å². The third kappa shape index (κ3) is 11.3. The van der Waals surface area contributed by atoms with E-state index >= 15 is 0 Å². The third-order valence-electron chi connectivity index (χ3n) is 0.566. The van der Waals surface area contributed by atoms with E-state index in [0.29, 0.717) is 0 Å². The summed E-state index contributed by atoms with van der Waals surface area (Å²) in [6.45, 7) is 0. The zero-order valence-electron chi connectivity index (χ0n) is 4.92. The Labute approximate surface area is 75.4 Å². The van der Waals surface area contributed by atoms with Crippen LogP contribution in [0.1, 0.15) is 0 Å². The van der Waals surface area contributed by atoms with Crippen molar-refractivity contribution < 1.29 is 0 Å². The second-order valence-corrected chi connectivity index (χ2v) is 6.20. The molecule has 5 heteroatoms. The highest BCUT2D eigenvalue weighted by Gasteiger charge is 1.80. The van der Waals surface area contributed by atoms with Gasteiger partial charge in [-0.3, -0.25) is 4.98 Å². The number of aromatic nitrogens is 1. The lowest BCUT2D eigenvalue weighted by Crippen LogP contribution is -1.58. The van der Waals surface area contributed by atoms with Gasteiger partial charge in [-0.25, -0.2) is 0 Å². The van der Waals surface area contributed by atoms with Crippen molar-refractivity contribution in [1.29, 1.82) is 0 Å². The second-order valence-electron chi connectivity index (χ2n) is 1.22. The van der Waals surface area contributed by atoms with Gasteiger partial charge in [0.05, 0.1) is 0 Å². The molecule has 1 aromatic heterocycles. The highest BCUT2D eigenvalue weighted by Crippen LogP contribution is 2.51. The summed E-state index contributed by atoms with van der Waals surface area (Å²) < 4.78 is 0. The van der Waals surface area contributed by atoms with E-state index in [1.165, 1.54) is 0 Å². The van der Waals surface area contributed by atoms with Crippen molar-refractivity contribution in [2.24, 2.45) is 0 Å². The lowest BCUT2D eigenvalue weighted by molar-refractivity contribution is 1.33. The van der Waals surface area contributed by atoms with Crippen LogP contribution in [0.4, 0.5) is 0 Å². The molecule has 0 fully saturated rings. The maximum absolute atomic E-state index is 4.87. The van der Waals surface area contributed by atoms with Gasteiger partial charge in [0.2, 0.25) is 0 Å². The van der Waals surface area contributed by atoms with Gasteiger partial charge in [0.15, 0.2) is 5.98 Å². The summed E-state index contributed by atoms with van der Waals surface area (Å²) in [7, 11) is 0. The molecule has 10 heavy (non-hydrogen) atoms. The fourth-order valence-electron chi connectivity index (χ4n) is 0.313. The molecule has 56 valence electrons. The predicted octanol–water partition coefficient (Wildman–Crippen LogP) is 4.01. The Kier molecular flexibility index (Phi) is 7.90. The molecule has 0 N–H and O–H groups in total. The van der Waals surface area contributed by atoms with E-state index in [1.54, 1.807) is 12.4 Å². The minimum absolute atomic E-state index is 1.20. The van der Waals surface area contributed by atoms with Crippen molar-refractivity contribution in [2.45, 2.75) is 0 Å². The Balaban J connectivity index is 0.000000180. The van der Waals surface area contributed by atoms with E-state index in [0.717, 1.165) is 0 Å². The fraction of sp³-hybridized carbons (Fsp3) is 0. The first kappa shape index (κ1) is 10.4. The van der Waals surface area contributed by atoms with Gasteiger partial charge >= 0.3 is 0 Å². The molecule has 1 nitrogen and oxygen atoms in total. The van der Waals surface area contributed by atoms with Crippen LogP contribution in [0, 0.1) is 0 Å². The summed E-state index contributed by atoms with van der Waals surface area (Å²) in [6.07, 6.45) is 3.50. The summed E-state index contributed by atoms with van der Waals surface area (Å²) in [4.78, 5) is 3.78. The quantitative estimate of drug-likeness (QED) is 0.597. The van der Waals surface area contributed by atoms with Crippen molar-refractivity contribution in [1.82, 2.24) is 4.98 Å². The standard InChI is InChI=1S/C5H5N.Cl3P/c1-2-4-6-5-3-1;1-4(2)3/h1-5H;. The van der Waals surface area contributed by atoms with Crippen LogP contribution in [-0.2, 0) is 0 Å². The van der Waals surface area contributed by atoms with Crippen molar-refractivity contribution in [3.63, 3.8) is 0 Å². The molecule has 0 unspecified atom stereocenters.